The maximum atomic E-state index is 12.2. The summed E-state index contributed by atoms with van der Waals surface area (Å²) in [5, 5.41) is 0.697. The van der Waals surface area contributed by atoms with E-state index in [1.54, 1.807) is 11.9 Å². The molecule has 104 valence electrons. The minimum atomic E-state index is -0.342. The van der Waals surface area contributed by atoms with Gasteiger partial charge in [-0.15, -0.1) is 0 Å². The first-order valence-corrected chi connectivity index (χ1v) is 6.83. The number of halogens is 1. The number of carbonyl (C=O) groups is 1. The summed E-state index contributed by atoms with van der Waals surface area (Å²) in [4.78, 5) is 13.9. The van der Waals surface area contributed by atoms with E-state index in [1.807, 2.05) is 24.3 Å². The Bertz CT molecular complexity index is 436. The van der Waals surface area contributed by atoms with Crippen LogP contribution in [0.15, 0.2) is 24.3 Å². The summed E-state index contributed by atoms with van der Waals surface area (Å²) in [6.45, 7) is 1.04. The van der Waals surface area contributed by atoms with Crippen LogP contribution in [0.4, 0.5) is 0 Å². The lowest BCUT2D eigenvalue weighted by Crippen LogP contribution is -2.36. The monoisotopic (exact) mass is 282 g/mol. The van der Waals surface area contributed by atoms with Crippen LogP contribution in [0.2, 0.25) is 5.02 Å². The highest BCUT2D eigenvalue weighted by molar-refractivity contribution is 6.30. The number of likely N-dealkylation sites (N-methyl/N-ethyl adjacent to an activating group) is 1. The molecule has 2 N–H and O–H groups in total. The van der Waals surface area contributed by atoms with Crippen molar-refractivity contribution in [1.29, 1.82) is 0 Å². The van der Waals surface area contributed by atoms with Gasteiger partial charge >= 0.3 is 0 Å². The Morgan fingerprint density at radius 2 is 2.11 bits per heavy atom. The van der Waals surface area contributed by atoms with Crippen molar-refractivity contribution in [3.05, 3.63) is 34.9 Å². The molecule has 2 unspecified atom stereocenters. The molecule has 1 aromatic rings. The molecule has 2 rings (SSSR count). The lowest BCUT2D eigenvalue weighted by Gasteiger charge is -2.21. The molecule has 0 radical (unpaired) electrons. The minimum Gasteiger partial charge on any atom is -0.364 e. The van der Waals surface area contributed by atoms with E-state index in [4.69, 9.17) is 22.1 Å². The van der Waals surface area contributed by atoms with E-state index in [-0.39, 0.29) is 18.1 Å². The van der Waals surface area contributed by atoms with Gasteiger partial charge in [0.25, 0.3) is 5.91 Å². The third-order valence-corrected chi connectivity index (χ3v) is 3.61. The van der Waals surface area contributed by atoms with Crippen molar-refractivity contribution in [1.82, 2.24) is 4.90 Å². The van der Waals surface area contributed by atoms with E-state index >= 15 is 0 Å². The fourth-order valence-corrected chi connectivity index (χ4v) is 2.37. The number of amides is 1. The summed E-state index contributed by atoms with van der Waals surface area (Å²) in [7, 11) is 1.79. The highest BCUT2D eigenvalue weighted by Gasteiger charge is 2.31. The number of hydrogen-bond donors (Lipinski definition) is 1. The topological polar surface area (TPSA) is 55.6 Å². The van der Waals surface area contributed by atoms with Crippen LogP contribution in [0.5, 0.6) is 0 Å². The highest BCUT2D eigenvalue weighted by atomic mass is 35.5. The summed E-state index contributed by atoms with van der Waals surface area (Å²) in [5.74, 6) is 0.0194. The van der Waals surface area contributed by atoms with Crippen molar-refractivity contribution in [2.45, 2.75) is 31.6 Å². The summed E-state index contributed by atoms with van der Waals surface area (Å²) < 4.78 is 5.61. The second kappa shape index (κ2) is 6.37. The van der Waals surface area contributed by atoms with Gasteiger partial charge in [0.2, 0.25) is 0 Å². The Morgan fingerprint density at radius 1 is 1.42 bits per heavy atom. The number of benzene rings is 1. The molecule has 0 aliphatic carbocycles. The van der Waals surface area contributed by atoms with Gasteiger partial charge in [-0.2, -0.15) is 0 Å². The molecule has 19 heavy (non-hydrogen) atoms. The fraction of sp³-hybridized carbons (Fsp3) is 0.500. The van der Waals surface area contributed by atoms with Gasteiger partial charge in [-0.3, -0.25) is 4.79 Å². The van der Waals surface area contributed by atoms with Gasteiger partial charge in [0, 0.05) is 25.2 Å². The third-order valence-electron chi connectivity index (χ3n) is 3.36. The summed E-state index contributed by atoms with van der Waals surface area (Å²) in [6.07, 6.45) is 1.30. The molecule has 1 aromatic carbocycles. The molecule has 1 heterocycles. The number of nitrogens with two attached hydrogens (primary N) is 1. The first kappa shape index (κ1) is 14.3. The van der Waals surface area contributed by atoms with Crippen molar-refractivity contribution in [2.75, 3.05) is 13.6 Å². The molecule has 1 amide bonds. The number of ether oxygens (including phenoxy) is 1. The van der Waals surface area contributed by atoms with Crippen molar-refractivity contribution in [3.8, 4) is 0 Å². The minimum absolute atomic E-state index is 0.0194. The molecule has 5 heteroatoms. The van der Waals surface area contributed by atoms with Crippen LogP contribution >= 0.6 is 11.6 Å². The molecule has 1 aliphatic rings. The van der Waals surface area contributed by atoms with Gasteiger partial charge in [-0.1, -0.05) is 23.7 Å². The molecule has 0 spiro atoms. The van der Waals surface area contributed by atoms with Gasteiger partial charge in [0.05, 0.1) is 6.10 Å². The first-order valence-electron chi connectivity index (χ1n) is 6.45. The second-order valence-corrected chi connectivity index (χ2v) is 5.32. The van der Waals surface area contributed by atoms with E-state index in [2.05, 4.69) is 0 Å². The first-order chi connectivity index (χ1) is 9.10. The average molecular weight is 283 g/mol. The standard InChI is InChI=1S/C14H19ClN2O2/c1-17(9-10-2-4-11(15)5-3-10)14(18)13-7-6-12(8-16)19-13/h2-5,12-13H,6-9,16H2,1H3. The van der Waals surface area contributed by atoms with Crippen molar-refractivity contribution in [3.63, 3.8) is 0 Å². The normalized spacial score (nSPS) is 22.5. The Hall–Kier alpha value is -1.10. The van der Waals surface area contributed by atoms with Crippen LogP contribution in [0.3, 0.4) is 0 Å². The van der Waals surface area contributed by atoms with Crippen LogP contribution in [-0.4, -0.2) is 36.6 Å². The molecular weight excluding hydrogens is 264 g/mol. The second-order valence-electron chi connectivity index (χ2n) is 4.88. The van der Waals surface area contributed by atoms with Crippen LogP contribution in [0, 0.1) is 0 Å². The Balaban J connectivity index is 1.91. The van der Waals surface area contributed by atoms with Crippen molar-refractivity contribution >= 4 is 17.5 Å². The van der Waals surface area contributed by atoms with Crippen molar-refractivity contribution in [2.24, 2.45) is 5.73 Å². The van der Waals surface area contributed by atoms with E-state index in [0.29, 0.717) is 18.1 Å². The summed E-state index contributed by atoms with van der Waals surface area (Å²) in [5.41, 5.74) is 6.60. The molecule has 2 atom stereocenters. The van der Waals surface area contributed by atoms with Gasteiger partial charge in [-0.05, 0) is 30.5 Å². The zero-order valence-electron chi connectivity index (χ0n) is 11.0. The SMILES string of the molecule is CN(Cc1ccc(Cl)cc1)C(=O)C1CCC(CN)O1. The number of nitrogens with zero attached hydrogens (tertiary/aromatic N) is 1. The maximum Gasteiger partial charge on any atom is 0.251 e. The Labute approximate surface area is 118 Å². The van der Waals surface area contributed by atoms with E-state index < -0.39 is 0 Å². The zero-order valence-corrected chi connectivity index (χ0v) is 11.8. The van der Waals surface area contributed by atoms with Gasteiger partial charge in [-0.25, -0.2) is 0 Å². The summed E-state index contributed by atoms with van der Waals surface area (Å²) >= 11 is 5.83. The van der Waals surface area contributed by atoms with Gasteiger partial charge in [0.15, 0.2) is 0 Å². The number of rotatable bonds is 4. The predicted octanol–water partition coefficient (Wildman–Crippen LogP) is 1.80. The van der Waals surface area contributed by atoms with Crippen LogP contribution < -0.4 is 5.73 Å². The number of carbonyl (C=O) groups excluding carboxylic acids is 1. The molecule has 1 saturated heterocycles. The zero-order chi connectivity index (χ0) is 13.8. The third kappa shape index (κ3) is 3.69. The van der Waals surface area contributed by atoms with Gasteiger partial charge in [0.1, 0.15) is 6.10 Å². The quantitative estimate of drug-likeness (QED) is 0.916. The predicted molar refractivity (Wildman–Crippen MR) is 74.9 cm³/mol. The van der Waals surface area contributed by atoms with Crippen molar-refractivity contribution < 1.29 is 9.53 Å². The van der Waals surface area contributed by atoms with Crippen LogP contribution in [0.1, 0.15) is 18.4 Å². The van der Waals surface area contributed by atoms with Crippen LogP contribution in [0.25, 0.3) is 0 Å². The van der Waals surface area contributed by atoms with E-state index in [9.17, 15) is 4.79 Å². The number of hydrogen-bond acceptors (Lipinski definition) is 3. The molecule has 0 aromatic heterocycles. The smallest absolute Gasteiger partial charge is 0.251 e. The average Bonchev–Trinajstić information content (AvgIpc) is 2.89. The molecular formula is C14H19ClN2O2. The molecule has 4 nitrogen and oxygen atoms in total. The Kier molecular flexibility index (Phi) is 4.80. The largest absolute Gasteiger partial charge is 0.364 e. The molecule has 0 saturated carbocycles. The van der Waals surface area contributed by atoms with Crippen LogP contribution in [-0.2, 0) is 16.1 Å². The summed E-state index contributed by atoms with van der Waals surface area (Å²) in [6, 6.07) is 7.49. The van der Waals surface area contributed by atoms with E-state index in [1.165, 1.54) is 0 Å². The molecule has 1 aliphatic heterocycles. The lowest BCUT2D eigenvalue weighted by molar-refractivity contribution is -0.141. The van der Waals surface area contributed by atoms with E-state index in [0.717, 1.165) is 18.4 Å². The molecule has 1 fully saturated rings. The fourth-order valence-electron chi connectivity index (χ4n) is 2.25. The van der Waals surface area contributed by atoms with Gasteiger partial charge < -0.3 is 15.4 Å². The molecule has 0 bridgehead atoms. The highest BCUT2D eigenvalue weighted by Crippen LogP contribution is 2.21. The maximum absolute atomic E-state index is 12.2. The lowest BCUT2D eigenvalue weighted by atomic mass is 10.1. The Morgan fingerprint density at radius 3 is 2.68 bits per heavy atom.